The van der Waals surface area contributed by atoms with E-state index in [1.165, 1.54) is 30.4 Å². The minimum Gasteiger partial charge on any atom is -0.381 e. The van der Waals surface area contributed by atoms with E-state index in [-0.39, 0.29) is 12.5 Å². The second-order valence-corrected chi connectivity index (χ2v) is 6.24. The quantitative estimate of drug-likeness (QED) is 0.906. The lowest BCUT2D eigenvalue weighted by Crippen LogP contribution is -2.49. The average Bonchev–Trinajstić information content (AvgIpc) is 2.79. The number of aliphatic hydroxyl groups is 1. The molecule has 2 rings (SSSR count). The van der Waals surface area contributed by atoms with Gasteiger partial charge in [-0.25, -0.2) is 4.98 Å². The van der Waals surface area contributed by atoms with Crippen molar-refractivity contribution < 1.29 is 23.1 Å². The maximum Gasteiger partial charge on any atom is 0.434 e. The number of piperidine rings is 1. The van der Waals surface area contributed by atoms with E-state index in [0.29, 0.717) is 25.2 Å². The summed E-state index contributed by atoms with van der Waals surface area (Å²) in [6, 6.07) is 0. The van der Waals surface area contributed by atoms with Gasteiger partial charge in [0, 0.05) is 32.3 Å². The summed E-state index contributed by atoms with van der Waals surface area (Å²) in [5.74, 6) is -0.357. The number of halogens is 3. The summed E-state index contributed by atoms with van der Waals surface area (Å²) in [4.78, 5) is 17.3. The van der Waals surface area contributed by atoms with Crippen molar-refractivity contribution in [1.29, 1.82) is 0 Å². The van der Waals surface area contributed by atoms with Crippen LogP contribution in [0.15, 0.2) is 6.20 Å². The molecule has 1 saturated heterocycles. The van der Waals surface area contributed by atoms with Crippen molar-refractivity contribution in [3.8, 4) is 0 Å². The normalized spacial score (nSPS) is 20.3. The SMILES string of the molecule is Cn1cc(C(F)(F)F)nc1C1CCCN(C(=O)C(C)(C)O)C1. The van der Waals surface area contributed by atoms with Gasteiger partial charge in [0.15, 0.2) is 5.69 Å². The fourth-order valence-corrected chi connectivity index (χ4v) is 2.76. The number of nitrogens with zero attached hydrogens (tertiary/aromatic N) is 3. The molecule has 0 aromatic carbocycles. The van der Waals surface area contributed by atoms with Crippen LogP contribution in [0.3, 0.4) is 0 Å². The minimum atomic E-state index is -4.48. The van der Waals surface area contributed by atoms with E-state index < -0.39 is 23.4 Å². The average molecular weight is 319 g/mol. The molecule has 1 amide bonds. The second kappa shape index (κ2) is 5.57. The number of amides is 1. The smallest absolute Gasteiger partial charge is 0.381 e. The first-order valence-electron chi connectivity index (χ1n) is 7.12. The molecule has 0 bridgehead atoms. The number of likely N-dealkylation sites (tertiary alicyclic amines) is 1. The Labute approximate surface area is 126 Å². The van der Waals surface area contributed by atoms with E-state index in [1.54, 1.807) is 0 Å². The van der Waals surface area contributed by atoms with Crippen molar-refractivity contribution in [2.45, 2.75) is 44.4 Å². The third-order valence-corrected chi connectivity index (χ3v) is 3.80. The van der Waals surface area contributed by atoms with Crippen LogP contribution in [0.2, 0.25) is 0 Å². The van der Waals surface area contributed by atoms with Gasteiger partial charge in [0.05, 0.1) is 0 Å². The Morgan fingerprint density at radius 2 is 2.05 bits per heavy atom. The number of carbonyl (C=O) groups is 1. The molecular formula is C14H20F3N3O2. The van der Waals surface area contributed by atoms with Gasteiger partial charge in [-0.1, -0.05) is 0 Å². The van der Waals surface area contributed by atoms with E-state index in [9.17, 15) is 23.1 Å². The first kappa shape index (κ1) is 16.8. The Morgan fingerprint density at radius 3 is 2.55 bits per heavy atom. The third kappa shape index (κ3) is 3.43. The summed E-state index contributed by atoms with van der Waals surface area (Å²) in [6.45, 7) is 3.57. The van der Waals surface area contributed by atoms with Crippen molar-refractivity contribution >= 4 is 5.91 Å². The van der Waals surface area contributed by atoms with Gasteiger partial charge < -0.3 is 14.6 Å². The summed E-state index contributed by atoms with van der Waals surface area (Å²) in [6.07, 6.45) is -2.18. The molecule has 1 unspecified atom stereocenters. The Kier molecular flexibility index (Phi) is 4.25. The molecular weight excluding hydrogens is 299 g/mol. The van der Waals surface area contributed by atoms with Gasteiger partial charge in [-0.2, -0.15) is 13.2 Å². The standard InChI is InChI=1S/C14H20F3N3O2/c1-13(2,22)12(21)20-6-4-5-9(7-20)11-18-10(8-19(11)3)14(15,16)17/h8-9,22H,4-7H2,1-3H3. The van der Waals surface area contributed by atoms with Gasteiger partial charge in [-0.3, -0.25) is 4.79 Å². The van der Waals surface area contributed by atoms with Crippen LogP contribution in [0, 0.1) is 0 Å². The molecule has 1 aromatic rings. The van der Waals surface area contributed by atoms with Crippen LogP contribution in [0.1, 0.15) is 44.1 Å². The maximum absolute atomic E-state index is 12.7. The number of rotatable bonds is 2. The van der Waals surface area contributed by atoms with Gasteiger partial charge in [0.2, 0.25) is 0 Å². The molecule has 1 N–H and O–H groups in total. The van der Waals surface area contributed by atoms with Gasteiger partial charge in [0.1, 0.15) is 11.4 Å². The first-order valence-corrected chi connectivity index (χ1v) is 7.12. The maximum atomic E-state index is 12.7. The van der Waals surface area contributed by atoms with Crippen molar-refractivity contribution in [2.24, 2.45) is 7.05 Å². The third-order valence-electron chi connectivity index (χ3n) is 3.80. The lowest BCUT2D eigenvalue weighted by Gasteiger charge is -2.35. The van der Waals surface area contributed by atoms with Crippen molar-refractivity contribution in [1.82, 2.24) is 14.5 Å². The molecule has 1 aliphatic rings. The first-order chi connectivity index (χ1) is 10.00. The lowest BCUT2D eigenvalue weighted by molar-refractivity contribution is -0.149. The summed E-state index contributed by atoms with van der Waals surface area (Å²) in [7, 11) is 1.52. The number of hydrogen-bond donors (Lipinski definition) is 1. The molecule has 5 nitrogen and oxygen atoms in total. The predicted octanol–water partition coefficient (Wildman–Crippen LogP) is 1.92. The molecule has 1 fully saturated rings. The second-order valence-electron chi connectivity index (χ2n) is 6.24. The molecule has 0 spiro atoms. The monoisotopic (exact) mass is 319 g/mol. The van der Waals surface area contributed by atoms with Crippen molar-refractivity contribution in [3.63, 3.8) is 0 Å². The molecule has 1 atom stereocenters. The van der Waals surface area contributed by atoms with Crippen LogP contribution in [-0.4, -0.2) is 44.2 Å². The van der Waals surface area contributed by atoms with Crippen LogP contribution in [-0.2, 0) is 18.0 Å². The van der Waals surface area contributed by atoms with Crippen molar-refractivity contribution in [2.75, 3.05) is 13.1 Å². The van der Waals surface area contributed by atoms with Gasteiger partial charge in [0.25, 0.3) is 5.91 Å². The molecule has 0 radical (unpaired) electrons. The van der Waals surface area contributed by atoms with Crippen LogP contribution < -0.4 is 0 Å². The highest BCUT2D eigenvalue weighted by atomic mass is 19.4. The largest absolute Gasteiger partial charge is 0.434 e. The summed E-state index contributed by atoms with van der Waals surface area (Å²) in [5.41, 5.74) is -2.41. The molecule has 1 aliphatic heterocycles. The zero-order valence-corrected chi connectivity index (χ0v) is 12.8. The Bertz CT molecular complexity index is 561. The highest BCUT2D eigenvalue weighted by Gasteiger charge is 2.37. The summed E-state index contributed by atoms with van der Waals surface area (Å²) < 4.78 is 39.6. The number of aromatic nitrogens is 2. The predicted molar refractivity (Wildman–Crippen MR) is 73.1 cm³/mol. The lowest BCUT2D eigenvalue weighted by atomic mass is 9.95. The minimum absolute atomic E-state index is 0.263. The van der Waals surface area contributed by atoms with E-state index in [1.807, 2.05) is 0 Å². The fraction of sp³-hybridized carbons (Fsp3) is 0.714. The van der Waals surface area contributed by atoms with E-state index in [0.717, 1.165) is 6.20 Å². The molecule has 2 heterocycles. The molecule has 0 aliphatic carbocycles. The molecule has 124 valence electrons. The zero-order valence-electron chi connectivity index (χ0n) is 12.8. The Hall–Kier alpha value is -1.57. The van der Waals surface area contributed by atoms with Crippen LogP contribution in [0.25, 0.3) is 0 Å². The van der Waals surface area contributed by atoms with Crippen LogP contribution in [0.5, 0.6) is 0 Å². The number of carbonyl (C=O) groups excluding carboxylic acids is 1. The number of imidazole rings is 1. The van der Waals surface area contributed by atoms with E-state index in [2.05, 4.69) is 4.98 Å². The molecule has 8 heteroatoms. The molecule has 1 aromatic heterocycles. The van der Waals surface area contributed by atoms with Crippen LogP contribution in [0.4, 0.5) is 13.2 Å². The van der Waals surface area contributed by atoms with E-state index >= 15 is 0 Å². The zero-order chi connectivity index (χ0) is 16.7. The number of hydrogen-bond acceptors (Lipinski definition) is 3. The highest BCUT2D eigenvalue weighted by Crippen LogP contribution is 2.32. The Balaban J connectivity index is 2.20. The van der Waals surface area contributed by atoms with E-state index in [4.69, 9.17) is 0 Å². The summed E-state index contributed by atoms with van der Waals surface area (Å²) >= 11 is 0. The topological polar surface area (TPSA) is 58.4 Å². The number of alkyl halides is 3. The van der Waals surface area contributed by atoms with Crippen LogP contribution >= 0.6 is 0 Å². The van der Waals surface area contributed by atoms with Gasteiger partial charge in [-0.05, 0) is 26.7 Å². The fourth-order valence-electron chi connectivity index (χ4n) is 2.76. The van der Waals surface area contributed by atoms with Crippen molar-refractivity contribution in [3.05, 3.63) is 17.7 Å². The Morgan fingerprint density at radius 1 is 1.41 bits per heavy atom. The molecule has 0 saturated carbocycles. The number of aryl methyl sites for hydroxylation is 1. The molecule has 22 heavy (non-hydrogen) atoms. The van der Waals surface area contributed by atoms with Gasteiger partial charge >= 0.3 is 6.18 Å². The van der Waals surface area contributed by atoms with Gasteiger partial charge in [-0.15, -0.1) is 0 Å². The summed E-state index contributed by atoms with van der Waals surface area (Å²) in [5, 5.41) is 9.80. The highest BCUT2D eigenvalue weighted by molar-refractivity contribution is 5.84.